The van der Waals surface area contributed by atoms with E-state index >= 15 is 0 Å². The molecule has 2 amide bonds. The Labute approximate surface area is 146 Å². The van der Waals surface area contributed by atoms with E-state index in [1.807, 2.05) is 13.8 Å². The van der Waals surface area contributed by atoms with Gasteiger partial charge in [0.2, 0.25) is 0 Å². The molecule has 138 valence electrons. The Balaban J connectivity index is 2.77. The second-order valence-corrected chi connectivity index (χ2v) is 6.10. The number of nitro groups is 1. The Hall–Kier alpha value is -2.68. The normalized spacial score (nSPS) is 13.0. The minimum Gasteiger partial charge on any atom is -0.494 e. The van der Waals surface area contributed by atoms with E-state index in [1.54, 1.807) is 14.0 Å². The fourth-order valence-corrected chi connectivity index (χ4v) is 2.14. The van der Waals surface area contributed by atoms with Crippen molar-refractivity contribution in [1.29, 1.82) is 0 Å². The molecule has 0 bridgehead atoms. The van der Waals surface area contributed by atoms with Gasteiger partial charge < -0.3 is 20.3 Å². The van der Waals surface area contributed by atoms with Crippen LogP contribution >= 0.6 is 0 Å². The van der Waals surface area contributed by atoms with Crippen LogP contribution in [-0.2, 0) is 9.59 Å². The predicted octanol–water partition coefficient (Wildman–Crippen LogP) is -0.0303. The minimum absolute atomic E-state index is 0.0359. The van der Waals surface area contributed by atoms with Crippen molar-refractivity contribution in [3.05, 3.63) is 28.3 Å². The Bertz CT molecular complexity index is 647. The lowest BCUT2D eigenvalue weighted by molar-refractivity contribution is -0.885. The number of nitro benzene ring substituents is 1. The molecule has 9 heteroatoms. The van der Waals surface area contributed by atoms with Gasteiger partial charge in [-0.05, 0) is 26.8 Å². The lowest BCUT2D eigenvalue weighted by Crippen LogP contribution is -3.15. The van der Waals surface area contributed by atoms with Crippen LogP contribution in [0, 0.1) is 10.1 Å². The van der Waals surface area contributed by atoms with Gasteiger partial charge in [-0.15, -0.1) is 0 Å². The average molecular weight is 353 g/mol. The molecule has 1 aromatic carbocycles. The van der Waals surface area contributed by atoms with Crippen LogP contribution < -0.4 is 20.3 Å². The highest BCUT2D eigenvalue weighted by atomic mass is 16.6. The fourth-order valence-electron chi connectivity index (χ4n) is 2.14. The number of hydrogen-bond acceptors (Lipinski definition) is 5. The third-order valence-electron chi connectivity index (χ3n) is 3.68. The van der Waals surface area contributed by atoms with Gasteiger partial charge in [0, 0.05) is 12.1 Å². The van der Waals surface area contributed by atoms with Crippen molar-refractivity contribution >= 4 is 23.2 Å². The van der Waals surface area contributed by atoms with Crippen LogP contribution in [0.4, 0.5) is 11.4 Å². The third kappa shape index (κ3) is 6.03. The molecule has 3 N–H and O–H groups in total. The Morgan fingerprint density at radius 3 is 2.48 bits per heavy atom. The molecule has 0 heterocycles. The summed E-state index contributed by atoms with van der Waals surface area (Å²) in [5, 5.41) is 16.3. The highest BCUT2D eigenvalue weighted by Crippen LogP contribution is 2.28. The van der Waals surface area contributed by atoms with Gasteiger partial charge in [-0.3, -0.25) is 19.7 Å². The smallest absolute Gasteiger partial charge is 0.282 e. The van der Waals surface area contributed by atoms with Crippen LogP contribution in [0.5, 0.6) is 5.75 Å². The van der Waals surface area contributed by atoms with E-state index in [-0.39, 0.29) is 35.8 Å². The van der Waals surface area contributed by atoms with Crippen molar-refractivity contribution in [3.8, 4) is 5.75 Å². The van der Waals surface area contributed by atoms with Crippen molar-refractivity contribution in [1.82, 2.24) is 5.32 Å². The lowest BCUT2D eigenvalue weighted by atomic mass is 10.2. The first-order valence-corrected chi connectivity index (χ1v) is 7.90. The summed E-state index contributed by atoms with van der Waals surface area (Å²) >= 11 is 0. The number of carbonyl (C=O) groups is 2. The third-order valence-corrected chi connectivity index (χ3v) is 3.68. The number of anilines is 1. The number of non-ortho nitro benzene ring substituents is 1. The van der Waals surface area contributed by atoms with Crippen molar-refractivity contribution in [2.24, 2.45) is 0 Å². The number of carbonyl (C=O) groups excluding carboxylic acids is 2. The van der Waals surface area contributed by atoms with E-state index in [2.05, 4.69) is 10.6 Å². The molecule has 1 aromatic rings. The van der Waals surface area contributed by atoms with Crippen LogP contribution in [0.3, 0.4) is 0 Å². The Morgan fingerprint density at radius 1 is 1.32 bits per heavy atom. The zero-order valence-electron chi connectivity index (χ0n) is 15.1. The van der Waals surface area contributed by atoms with Crippen LogP contribution in [0.15, 0.2) is 18.2 Å². The van der Waals surface area contributed by atoms with Crippen LogP contribution in [-0.4, -0.2) is 49.5 Å². The molecule has 0 saturated heterocycles. The van der Waals surface area contributed by atoms with Crippen LogP contribution in [0.25, 0.3) is 0 Å². The summed E-state index contributed by atoms with van der Waals surface area (Å²) < 4.78 is 5.10. The molecular formula is C16H25N4O5+. The molecule has 0 aliphatic carbocycles. The van der Waals surface area contributed by atoms with Gasteiger partial charge >= 0.3 is 0 Å². The predicted molar refractivity (Wildman–Crippen MR) is 92.8 cm³/mol. The molecule has 1 rings (SSSR count). The molecule has 1 unspecified atom stereocenters. The average Bonchev–Trinajstić information content (AvgIpc) is 2.53. The molecule has 0 radical (unpaired) electrons. The number of rotatable bonds is 8. The number of amides is 2. The van der Waals surface area contributed by atoms with E-state index in [0.717, 1.165) is 4.90 Å². The second kappa shape index (κ2) is 8.97. The summed E-state index contributed by atoms with van der Waals surface area (Å²) in [6.07, 6.45) is 0. The van der Waals surface area contributed by atoms with Crippen molar-refractivity contribution < 1.29 is 24.1 Å². The molecule has 25 heavy (non-hydrogen) atoms. The first kappa shape index (κ1) is 20.4. The molecule has 0 fully saturated rings. The highest BCUT2D eigenvalue weighted by molar-refractivity contribution is 5.95. The molecule has 0 spiro atoms. The van der Waals surface area contributed by atoms with E-state index in [1.165, 1.54) is 25.3 Å². The maximum Gasteiger partial charge on any atom is 0.282 e. The first-order valence-electron chi connectivity index (χ1n) is 7.90. The highest BCUT2D eigenvalue weighted by Gasteiger charge is 2.25. The summed E-state index contributed by atoms with van der Waals surface area (Å²) in [4.78, 5) is 35.2. The van der Waals surface area contributed by atoms with Gasteiger partial charge in [0.1, 0.15) is 5.75 Å². The van der Waals surface area contributed by atoms with Gasteiger partial charge in [-0.25, -0.2) is 0 Å². The second-order valence-electron chi connectivity index (χ2n) is 6.10. The van der Waals surface area contributed by atoms with Crippen molar-refractivity contribution in [2.45, 2.75) is 32.9 Å². The quantitative estimate of drug-likeness (QED) is 0.448. The number of methoxy groups -OCH3 is 1. The SMILES string of the molecule is COc1cc([N+](=O)[O-])ccc1NC(=O)[C@H](C)[NH+](C)CC(=O)NC(C)C. The number of nitrogens with zero attached hydrogens (tertiary/aromatic N) is 1. The fraction of sp³-hybridized carbons (Fsp3) is 0.500. The standard InChI is InChI=1S/C16H24N4O5/c1-10(2)17-15(21)9-19(4)11(3)16(22)18-13-7-6-12(20(23)24)8-14(13)25-5/h6-8,10-11H,9H2,1-5H3,(H,17,21)(H,18,22)/p+1/t11-/m0/s1. The molecule has 0 aromatic heterocycles. The van der Waals surface area contributed by atoms with Gasteiger partial charge in [0.15, 0.2) is 12.6 Å². The van der Waals surface area contributed by atoms with E-state index in [4.69, 9.17) is 4.74 Å². The van der Waals surface area contributed by atoms with Crippen molar-refractivity contribution in [2.75, 3.05) is 26.0 Å². The van der Waals surface area contributed by atoms with E-state index < -0.39 is 11.0 Å². The topological polar surface area (TPSA) is 115 Å². The molecule has 9 nitrogen and oxygen atoms in total. The lowest BCUT2D eigenvalue weighted by Gasteiger charge is -2.21. The summed E-state index contributed by atoms with van der Waals surface area (Å²) in [5.74, 6) is -0.257. The number of quaternary nitrogens is 1. The Kier molecular flexibility index (Phi) is 7.31. The first-order chi connectivity index (χ1) is 11.6. The molecule has 2 atom stereocenters. The van der Waals surface area contributed by atoms with Gasteiger partial charge in [-0.2, -0.15) is 0 Å². The van der Waals surface area contributed by atoms with E-state index in [9.17, 15) is 19.7 Å². The summed E-state index contributed by atoms with van der Waals surface area (Å²) in [6.45, 7) is 5.59. The maximum atomic E-state index is 12.4. The van der Waals surface area contributed by atoms with Gasteiger partial charge in [0.25, 0.3) is 17.5 Å². The molecule has 0 saturated carbocycles. The van der Waals surface area contributed by atoms with E-state index in [0.29, 0.717) is 5.69 Å². The maximum absolute atomic E-state index is 12.4. The summed E-state index contributed by atoms with van der Waals surface area (Å²) in [6, 6.07) is 3.48. The number of hydrogen-bond donors (Lipinski definition) is 3. The molecular weight excluding hydrogens is 328 g/mol. The van der Waals surface area contributed by atoms with Crippen molar-refractivity contribution in [3.63, 3.8) is 0 Å². The largest absolute Gasteiger partial charge is 0.494 e. The zero-order valence-corrected chi connectivity index (χ0v) is 15.1. The minimum atomic E-state index is -0.540. The number of nitrogens with one attached hydrogen (secondary N) is 3. The van der Waals surface area contributed by atoms with Gasteiger partial charge in [0.05, 0.1) is 30.8 Å². The number of benzene rings is 1. The van der Waals surface area contributed by atoms with Gasteiger partial charge in [-0.1, -0.05) is 0 Å². The Morgan fingerprint density at radius 2 is 1.96 bits per heavy atom. The monoisotopic (exact) mass is 353 g/mol. The molecule has 0 aliphatic heterocycles. The van der Waals surface area contributed by atoms with Crippen LogP contribution in [0.2, 0.25) is 0 Å². The molecule has 0 aliphatic rings. The van der Waals surface area contributed by atoms with Crippen LogP contribution in [0.1, 0.15) is 20.8 Å². The number of ether oxygens (including phenoxy) is 1. The number of likely N-dealkylation sites (N-methyl/N-ethyl adjacent to an activating group) is 1. The summed E-state index contributed by atoms with van der Waals surface area (Å²) in [5.41, 5.74) is 0.209. The zero-order chi connectivity index (χ0) is 19.1. The summed E-state index contributed by atoms with van der Waals surface area (Å²) in [7, 11) is 3.11.